The minimum absolute atomic E-state index is 0.00802. The van der Waals surface area contributed by atoms with Crippen molar-refractivity contribution in [2.24, 2.45) is 5.92 Å². The van der Waals surface area contributed by atoms with Gasteiger partial charge in [0.1, 0.15) is 0 Å². The number of benzene rings is 1. The van der Waals surface area contributed by atoms with Gasteiger partial charge in [0.15, 0.2) is 5.69 Å². The Balaban J connectivity index is 1.43. The molecule has 1 aromatic heterocycles. The number of H-pyrrole nitrogens is 1. The first-order valence-electron chi connectivity index (χ1n) is 10.5. The molecule has 7 heteroatoms. The smallest absolute Gasteiger partial charge is 0.274 e. The summed E-state index contributed by atoms with van der Waals surface area (Å²) in [5.41, 5.74) is 3.55. The molecule has 0 saturated carbocycles. The van der Waals surface area contributed by atoms with Crippen LogP contribution in [0.25, 0.3) is 0 Å². The Kier molecular flexibility index (Phi) is 5.56. The molecular weight excluding hydrogens is 366 g/mol. The lowest BCUT2D eigenvalue weighted by atomic mass is 10.0. The summed E-state index contributed by atoms with van der Waals surface area (Å²) in [4.78, 5) is 31.8. The predicted molar refractivity (Wildman–Crippen MR) is 112 cm³/mol. The SMILES string of the molecule is CCC(C)C(=O)N1CCc2[nH]nc(C(=O)N3CCN(c4ccccc4)CC3)c2C1. The quantitative estimate of drug-likeness (QED) is 0.862. The first-order valence-corrected chi connectivity index (χ1v) is 10.5. The van der Waals surface area contributed by atoms with E-state index in [1.165, 1.54) is 5.69 Å². The van der Waals surface area contributed by atoms with Gasteiger partial charge in [0.25, 0.3) is 5.91 Å². The molecule has 4 rings (SSSR count). The Bertz CT molecular complexity index is 871. The second-order valence-corrected chi connectivity index (χ2v) is 7.96. The number of hydrogen-bond acceptors (Lipinski definition) is 4. The maximum atomic E-state index is 13.2. The van der Waals surface area contributed by atoms with Crippen molar-refractivity contribution < 1.29 is 9.59 Å². The van der Waals surface area contributed by atoms with Gasteiger partial charge in [-0.15, -0.1) is 0 Å². The van der Waals surface area contributed by atoms with Crippen molar-refractivity contribution in [2.45, 2.75) is 33.2 Å². The van der Waals surface area contributed by atoms with Gasteiger partial charge in [0.05, 0.1) is 0 Å². The molecule has 3 heterocycles. The maximum absolute atomic E-state index is 13.2. The van der Waals surface area contributed by atoms with E-state index in [1.807, 2.05) is 41.8 Å². The van der Waals surface area contributed by atoms with Crippen molar-refractivity contribution in [2.75, 3.05) is 37.6 Å². The van der Waals surface area contributed by atoms with Gasteiger partial charge in [-0.3, -0.25) is 14.7 Å². The number of piperazine rings is 1. The molecule has 29 heavy (non-hydrogen) atoms. The fourth-order valence-electron chi connectivity index (χ4n) is 4.10. The van der Waals surface area contributed by atoms with E-state index in [2.05, 4.69) is 27.2 Å². The van der Waals surface area contributed by atoms with Crippen molar-refractivity contribution in [1.29, 1.82) is 0 Å². The van der Waals surface area contributed by atoms with E-state index in [-0.39, 0.29) is 17.7 Å². The van der Waals surface area contributed by atoms with Crippen molar-refractivity contribution >= 4 is 17.5 Å². The molecule has 2 aliphatic rings. The molecule has 1 N–H and O–H groups in total. The van der Waals surface area contributed by atoms with E-state index in [1.54, 1.807) is 0 Å². The van der Waals surface area contributed by atoms with Crippen molar-refractivity contribution in [1.82, 2.24) is 20.0 Å². The third-order valence-electron chi connectivity index (χ3n) is 6.17. The molecule has 2 aromatic rings. The third kappa shape index (κ3) is 3.86. The summed E-state index contributed by atoms with van der Waals surface area (Å²) in [7, 11) is 0. The van der Waals surface area contributed by atoms with E-state index in [4.69, 9.17) is 0 Å². The van der Waals surface area contributed by atoms with E-state index in [0.29, 0.717) is 31.9 Å². The van der Waals surface area contributed by atoms with Crippen LogP contribution in [0, 0.1) is 5.92 Å². The van der Waals surface area contributed by atoms with Crippen LogP contribution in [-0.4, -0.2) is 64.5 Å². The number of hydrogen-bond donors (Lipinski definition) is 1. The van der Waals surface area contributed by atoms with Gasteiger partial charge in [0.2, 0.25) is 5.91 Å². The average molecular weight is 396 g/mol. The number of para-hydroxylation sites is 1. The Hall–Kier alpha value is -2.83. The monoisotopic (exact) mass is 395 g/mol. The molecule has 2 aliphatic heterocycles. The highest BCUT2D eigenvalue weighted by molar-refractivity contribution is 5.94. The lowest BCUT2D eigenvalue weighted by Crippen LogP contribution is -2.49. The second-order valence-electron chi connectivity index (χ2n) is 7.96. The maximum Gasteiger partial charge on any atom is 0.274 e. The van der Waals surface area contributed by atoms with Crippen molar-refractivity contribution in [3.05, 3.63) is 47.3 Å². The molecule has 1 saturated heterocycles. The Morgan fingerprint density at radius 1 is 1.07 bits per heavy atom. The summed E-state index contributed by atoms with van der Waals surface area (Å²) < 4.78 is 0. The molecule has 7 nitrogen and oxygen atoms in total. The van der Waals surface area contributed by atoms with Gasteiger partial charge in [-0.2, -0.15) is 5.10 Å². The first kappa shape index (κ1) is 19.5. The van der Waals surface area contributed by atoms with E-state index < -0.39 is 0 Å². The lowest BCUT2D eigenvalue weighted by molar-refractivity contribution is -0.136. The number of amides is 2. The molecule has 154 valence electrons. The molecular formula is C22H29N5O2. The van der Waals surface area contributed by atoms with Gasteiger partial charge in [-0.25, -0.2) is 0 Å². The zero-order chi connectivity index (χ0) is 20.4. The van der Waals surface area contributed by atoms with Crippen LogP contribution in [0.15, 0.2) is 30.3 Å². The third-order valence-corrected chi connectivity index (χ3v) is 6.17. The zero-order valence-corrected chi connectivity index (χ0v) is 17.2. The number of rotatable bonds is 4. The summed E-state index contributed by atoms with van der Waals surface area (Å²) in [6.45, 7) is 8.10. The first-order chi connectivity index (χ1) is 14.1. The van der Waals surface area contributed by atoms with E-state index in [0.717, 1.165) is 37.2 Å². The highest BCUT2D eigenvalue weighted by atomic mass is 16.2. The molecule has 1 aromatic carbocycles. The van der Waals surface area contributed by atoms with Crippen LogP contribution in [0.2, 0.25) is 0 Å². The van der Waals surface area contributed by atoms with Crippen molar-refractivity contribution in [3.8, 4) is 0 Å². The van der Waals surface area contributed by atoms with Crippen LogP contribution in [0.4, 0.5) is 5.69 Å². The molecule has 1 unspecified atom stereocenters. The molecule has 1 atom stereocenters. The zero-order valence-electron chi connectivity index (χ0n) is 17.2. The molecule has 0 radical (unpaired) electrons. The highest BCUT2D eigenvalue weighted by Crippen LogP contribution is 2.24. The van der Waals surface area contributed by atoms with Crippen LogP contribution in [0.3, 0.4) is 0 Å². The number of carbonyl (C=O) groups is 2. The highest BCUT2D eigenvalue weighted by Gasteiger charge is 2.32. The molecule has 0 spiro atoms. The summed E-state index contributed by atoms with van der Waals surface area (Å²) in [6, 6.07) is 10.3. The largest absolute Gasteiger partial charge is 0.368 e. The van der Waals surface area contributed by atoms with Gasteiger partial charge < -0.3 is 14.7 Å². The molecule has 0 bridgehead atoms. The van der Waals surface area contributed by atoms with Gasteiger partial charge in [-0.05, 0) is 18.6 Å². The topological polar surface area (TPSA) is 72.5 Å². The molecule has 1 fully saturated rings. The standard InChI is InChI=1S/C22H29N5O2/c1-3-16(2)21(28)27-10-9-19-18(15-27)20(24-23-19)22(29)26-13-11-25(12-14-26)17-7-5-4-6-8-17/h4-8,16H,3,9-15H2,1-2H3,(H,23,24). The Morgan fingerprint density at radius 2 is 1.79 bits per heavy atom. The second kappa shape index (κ2) is 8.27. The summed E-state index contributed by atoms with van der Waals surface area (Å²) in [6.07, 6.45) is 1.55. The number of fused-ring (bicyclic) bond motifs is 1. The van der Waals surface area contributed by atoms with Crippen LogP contribution in [-0.2, 0) is 17.8 Å². The predicted octanol–water partition coefficient (Wildman–Crippen LogP) is 2.30. The van der Waals surface area contributed by atoms with Gasteiger partial charge in [-0.1, -0.05) is 32.0 Å². The van der Waals surface area contributed by atoms with Crippen LogP contribution >= 0.6 is 0 Å². The summed E-state index contributed by atoms with van der Waals surface area (Å²) in [5.74, 6) is 0.135. The number of aromatic amines is 1. The summed E-state index contributed by atoms with van der Waals surface area (Å²) >= 11 is 0. The molecule has 0 aliphatic carbocycles. The number of nitrogens with zero attached hydrogens (tertiary/aromatic N) is 4. The van der Waals surface area contributed by atoms with E-state index in [9.17, 15) is 9.59 Å². The average Bonchev–Trinajstić information content (AvgIpc) is 3.21. The number of nitrogens with one attached hydrogen (secondary N) is 1. The minimum Gasteiger partial charge on any atom is -0.368 e. The normalized spacial score (nSPS) is 17.8. The Morgan fingerprint density at radius 3 is 2.48 bits per heavy atom. The van der Waals surface area contributed by atoms with Gasteiger partial charge in [0, 0.05) is 68.6 Å². The minimum atomic E-state index is -0.0342. The van der Waals surface area contributed by atoms with Crippen LogP contribution in [0.5, 0.6) is 0 Å². The fraction of sp³-hybridized carbons (Fsp3) is 0.500. The van der Waals surface area contributed by atoms with Crippen LogP contribution < -0.4 is 4.90 Å². The number of aromatic nitrogens is 2. The van der Waals surface area contributed by atoms with E-state index >= 15 is 0 Å². The molecule has 2 amide bonds. The fourth-order valence-corrected chi connectivity index (χ4v) is 4.10. The van der Waals surface area contributed by atoms with Crippen molar-refractivity contribution in [3.63, 3.8) is 0 Å². The Labute approximate surface area is 171 Å². The number of anilines is 1. The lowest BCUT2D eigenvalue weighted by Gasteiger charge is -2.36. The van der Waals surface area contributed by atoms with Gasteiger partial charge >= 0.3 is 0 Å². The number of carbonyl (C=O) groups excluding carboxylic acids is 2. The summed E-state index contributed by atoms with van der Waals surface area (Å²) in [5, 5.41) is 7.38. The van der Waals surface area contributed by atoms with Crippen LogP contribution in [0.1, 0.15) is 42.0 Å².